The average molecular weight is 2080 g/mol. The van der Waals surface area contributed by atoms with Crippen molar-refractivity contribution in [3.8, 4) is 35.2 Å². The minimum Gasteiger partial charge on any atom is -0.506 e. The van der Waals surface area contributed by atoms with E-state index in [1.165, 1.54) is 19.9 Å². The van der Waals surface area contributed by atoms with Crippen LogP contribution in [0.3, 0.4) is 0 Å². The van der Waals surface area contributed by atoms with Crippen molar-refractivity contribution in [3.05, 3.63) is 47.5 Å². The molecular formula is C97H160BN12O36-. The van der Waals surface area contributed by atoms with Gasteiger partial charge in [0, 0.05) is 68.4 Å². The van der Waals surface area contributed by atoms with Gasteiger partial charge in [-0.1, -0.05) is 83.4 Å². The molecule has 49 heteroatoms. The molecule has 48 nitrogen and oxygen atoms in total. The summed E-state index contributed by atoms with van der Waals surface area (Å²) in [7, 11) is 0. The average Bonchev–Trinajstić information content (AvgIpc) is 0.838. The number of hydrogen-bond acceptors (Lipinski definition) is 37. The summed E-state index contributed by atoms with van der Waals surface area (Å²) in [6, 6.07) is 7.53. The van der Waals surface area contributed by atoms with Crippen LogP contribution >= 0.6 is 0 Å². The van der Waals surface area contributed by atoms with Gasteiger partial charge in [0.25, 0.3) is 36.6 Å². The molecule has 3 rings (SSSR count). The number of hydrogen-bond donors (Lipinski definition) is 13. The minimum atomic E-state index is -0.978. The minimum absolute atomic E-state index is 0. The van der Waals surface area contributed by atoms with Crippen molar-refractivity contribution in [3.63, 3.8) is 0 Å². The van der Waals surface area contributed by atoms with Crippen molar-refractivity contribution < 1.29 is 172 Å². The maximum Gasteiger partial charge on any atom is 0.407 e. The fourth-order valence-electron chi connectivity index (χ4n) is 10.9. The fourth-order valence-corrected chi connectivity index (χ4v) is 10.9. The summed E-state index contributed by atoms with van der Waals surface area (Å²) < 4.78 is 89.7. The van der Waals surface area contributed by atoms with Gasteiger partial charge in [-0.2, -0.15) is 19.2 Å². The summed E-state index contributed by atoms with van der Waals surface area (Å²) in [6.07, 6.45) is 1.44. The molecule has 14 N–H and O–H groups in total. The van der Waals surface area contributed by atoms with Crippen LogP contribution in [0.1, 0.15) is 155 Å². The molecule has 0 aliphatic carbocycles. The van der Waals surface area contributed by atoms with E-state index in [0.29, 0.717) is 116 Å². The second-order valence-corrected chi connectivity index (χ2v) is 35.3. The third-order valence-electron chi connectivity index (χ3n) is 19.0. The number of phenolic OH excluding ortho intramolecular Hbond substituents is 1. The first-order chi connectivity index (χ1) is 68.2. The lowest BCUT2D eigenvalue weighted by molar-refractivity contribution is -0.193. The molecule has 0 spiro atoms. The SMILES string of the molecule is C.CC(N)C(=O)NCC(=O)Nc1cc(C[C@@H](CC(C)C(C)(C)C)NC(=O)OC(C)(C)C)ccc1O.CC1NC(=O)CCOCCOCCOCCNC(=O)C#CC(=O)NCCOCCOCCOCCC(=O)Oc2ccc(C[C@@H](CC(C)C(C)(C)C)NC(=O)OC(C)(C)C)cc2NC(=O)CNC1=O.O=C=O.O=C=O.O=COCCOCCOCCOCCNC(=O)C#CC(=O)NCCOCCOCCOCCOC=O.[BH4-]. The molecule has 0 aromatic heterocycles. The topological polar surface area (TPSA) is 643 Å². The van der Waals surface area contributed by atoms with Crippen molar-refractivity contribution >= 4 is 116 Å². The fraction of sp³-hybridized carbons (Fsp3) is 0.670. The quantitative estimate of drug-likeness (QED) is 0.00641. The number of nitrogens with one attached hydrogen (secondary N) is 11. The molecule has 0 bridgehead atoms. The standard InChI is InChI=1S/C47H74N6O15.C25H42N4O5.C22H36N2O12.2CO2.CH4.BH4/c1-33(46(3,4)5)29-36(52-45(60)68-47(6,7)8)30-35-9-10-38-37(31-35)53-42(57)32-50-44(59)34(2)51-41(56)13-17-61-21-25-65-27-23-63-19-15-48-39(54)11-12-40(55)49-16-20-64-24-28-66-26-22-62-18-14-43(58)67-38;1-15(24(3,4)5)11-18(28-23(33)34-25(6,7)8)12-17-9-10-20(30)19(13-17)29-21(31)14-27-22(32)16(2)26;25-19-35-17-15-33-13-11-31-9-7-29-5-3-23-21(27)1-2-22(28)24-4-6-30-8-10-32-12-14-34-16-18-36-20-26;2*2-1-3;;/h9-10,31,33-34,36H,13-30,32H2,1-8H3,(H,48,54)(H,49,55)(H,50,59)(H,51,56)(H,52,60)(H,53,57);9-10,13,15-16,18,30H,11-12,14,26H2,1-8H3,(H,27,32)(H,28,33)(H,29,31);19-20H,3-18H2,(H,23,27)(H,24,28);;;2*1H4/q;;;;;;-1/t33?,34?,36-;15?,16?,18-;;;;;/m11...../s1. The van der Waals surface area contributed by atoms with Crippen molar-refractivity contribution in [2.45, 2.75) is 192 Å². The third-order valence-corrected chi connectivity index (χ3v) is 19.0. The number of alkyl carbamates (subject to hydrolysis) is 2. The number of benzene rings is 2. The van der Waals surface area contributed by atoms with Crippen LogP contribution in [-0.2, 0) is 165 Å². The highest BCUT2D eigenvalue weighted by Gasteiger charge is 2.30. The van der Waals surface area contributed by atoms with Crippen molar-refractivity contribution in [1.82, 2.24) is 47.9 Å². The van der Waals surface area contributed by atoms with Crippen molar-refractivity contribution in [2.24, 2.45) is 28.4 Å². The number of anilines is 2. The first-order valence-corrected chi connectivity index (χ1v) is 46.7. The molecule has 11 amide bonds. The normalized spacial score (nSPS) is 15.3. The van der Waals surface area contributed by atoms with Crippen LogP contribution < -0.4 is 69.0 Å². The van der Waals surface area contributed by atoms with E-state index in [2.05, 4.69) is 147 Å². The molecule has 0 saturated heterocycles. The van der Waals surface area contributed by atoms with Gasteiger partial charge in [-0.3, -0.25) is 57.5 Å². The van der Waals surface area contributed by atoms with Crippen molar-refractivity contribution in [1.29, 1.82) is 0 Å². The summed E-state index contributed by atoms with van der Waals surface area (Å²) in [5.41, 5.74) is 6.02. The van der Waals surface area contributed by atoms with E-state index in [9.17, 15) is 72.2 Å². The number of carbonyl (C=O) groups is 14. The zero-order valence-electron chi connectivity index (χ0n) is 85.8. The Morgan fingerprint density at radius 1 is 0.514 bits per heavy atom. The Bertz CT molecular complexity index is 4220. The number of phenols is 1. The number of rotatable bonds is 40. The van der Waals surface area contributed by atoms with Crippen LogP contribution in [0, 0.1) is 46.3 Å². The van der Waals surface area contributed by atoms with Crippen LogP contribution in [0.2, 0.25) is 0 Å². The molecule has 2 aromatic carbocycles. The van der Waals surface area contributed by atoms with E-state index in [0.717, 1.165) is 5.56 Å². The smallest absolute Gasteiger partial charge is 0.407 e. The molecule has 828 valence electrons. The van der Waals surface area contributed by atoms with Gasteiger partial charge in [0.15, 0.2) is 5.75 Å². The first kappa shape index (κ1) is 140. The van der Waals surface area contributed by atoms with Gasteiger partial charge in [-0.25, -0.2) is 9.59 Å². The molecule has 1 aliphatic rings. The van der Waals surface area contributed by atoms with E-state index < -0.39 is 101 Å². The Morgan fingerprint density at radius 2 is 0.890 bits per heavy atom. The first-order valence-electron chi connectivity index (χ1n) is 46.7. The monoisotopic (exact) mass is 2080 g/mol. The van der Waals surface area contributed by atoms with Gasteiger partial charge in [-0.05, 0) is 139 Å². The largest absolute Gasteiger partial charge is 0.506 e. The van der Waals surface area contributed by atoms with E-state index >= 15 is 0 Å². The molecule has 2 aromatic rings. The molecule has 6 atom stereocenters. The van der Waals surface area contributed by atoms with Gasteiger partial charge in [0.2, 0.25) is 29.5 Å². The second-order valence-electron chi connectivity index (χ2n) is 35.3. The highest BCUT2D eigenvalue weighted by Crippen LogP contribution is 2.34. The van der Waals surface area contributed by atoms with Crippen LogP contribution in [0.5, 0.6) is 11.5 Å². The van der Waals surface area contributed by atoms with Crippen LogP contribution in [0.15, 0.2) is 36.4 Å². The summed E-state index contributed by atoms with van der Waals surface area (Å²) >= 11 is 0. The van der Waals surface area contributed by atoms with E-state index in [1.54, 1.807) is 51.1 Å². The molecule has 4 unspecified atom stereocenters. The molecule has 1 heterocycles. The summed E-state index contributed by atoms with van der Waals surface area (Å²) in [4.78, 5) is 200. The summed E-state index contributed by atoms with van der Waals surface area (Å²) in [6.45, 7) is 38.6. The van der Waals surface area contributed by atoms with Gasteiger partial charge < -0.3 is 150 Å². The third kappa shape index (κ3) is 84.1. The van der Waals surface area contributed by atoms with Gasteiger partial charge in [0.1, 0.15) is 36.2 Å². The molecule has 0 saturated carbocycles. The van der Waals surface area contributed by atoms with E-state index in [1.807, 2.05) is 20.8 Å². The van der Waals surface area contributed by atoms with Crippen LogP contribution in [0.25, 0.3) is 0 Å². The van der Waals surface area contributed by atoms with Gasteiger partial charge in [0.05, 0.1) is 195 Å². The van der Waals surface area contributed by atoms with Crippen LogP contribution in [0.4, 0.5) is 21.0 Å². The zero-order chi connectivity index (χ0) is 108. The molecule has 146 heavy (non-hydrogen) atoms. The van der Waals surface area contributed by atoms with Crippen LogP contribution in [-0.4, -0.2) is 357 Å². The number of ether oxygens (including phenoxy) is 17. The lowest BCUT2D eigenvalue weighted by Gasteiger charge is -2.32. The predicted octanol–water partition coefficient (Wildman–Crippen LogP) is 0.776. The Hall–Kier alpha value is -12.2. The highest BCUT2D eigenvalue weighted by atomic mass is 16.6. The predicted molar refractivity (Wildman–Crippen MR) is 534 cm³/mol. The van der Waals surface area contributed by atoms with E-state index in [-0.39, 0.29) is 231 Å². The van der Waals surface area contributed by atoms with Gasteiger partial charge >= 0.3 is 30.5 Å². The number of amides is 11. The maximum absolute atomic E-state index is 13.3. The van der Waals surface area contributed by atoms with Crippen molar-refractivity contribution in [2.75, 3.05) is 222 Å². The number of carbonyl (C=O) groups excluding carboxylic acids is 18. The molecule has 0 fully saturated rings. The lowest BCUT2D eigenvalue weighted by atomic mass is 9.78. The molecule has 0 radical (unpaired) electrons. The Morgan fingerprint density at radius 3 is 1.29 bits per heavy atom. The number of aromatic hydroxyl groups is 1. The number of esters is 1. The number of nitrogens with two attached hydrogens (primary N) is 1. The highest BCUT2D eigenvalue weighted by molar-refractivity contribution is 6.04. The summed E-state index contributed by atoms with van der Waals surface area (Å²) in [5, 5.41) is 39.1. The lowest BCUT2D eigenvalue weighted by Crippen LogP contribution is -2.46. The number of fused-ring (bicyclic) bond motifs is 1. The Kier molecular flexibility index (Phi) is 82.5. The zero-order valence-corrected chi connectivity index (χ0v) is 85.8. The maximum atomic E-state index is 13.3. The molecular weight excluding hydrogens is 1920 g/mol. The Labute approximate surface area is 857 Å². The summed E-state index contributed by atoms with van der Waals surface area (Å²) in [5.74, 6) is 3.52. The molecule has 1 aliphatic heterocycles. The Balaban J connectivity index is -0.00000109. The van der Waals surface area contributed by atoms with Gasteiger partial charge in [-0.15, -0.1) is 0 Å². The second kappa shape index (κ2) is 86.0. The van der Waals surface area contributed by atoms with E-state index in [4.69, 9.17) is 96.0 Å².